The number of rotatable bonds is 2. The molecule has 56 valence electrons. The Morgan fingerprint density at radius 2 is 2.40 bits per heavy atom. The molecule has 0 unspecified atom stereocenters. The van der Waals surface area contributed by atoms with Crippen molar-refractivity contribution >= 4 is 33.9 Å². The van der Waals surface area contributed by atoms with Crippen LogP contribution < -0.4 is 5.73 Å². The third-order valence-electron chi connectivity index (χ3n) is 1.15. The second-order valence-corrected chi connectivity index (χ2v) is 5.45. The number of hydrogen-bond acceptors (Lipinski definition) is 2. The van der Waals surface area contributed by atoms with Gasteiger partial charge in [0.25, 0.3) is 0 Å². The molecule has 0 bridgehead atoms. The van der Waals surface area contributed by atoms with Gasteiger partial charge >= 0.3 is 0 Å². The summed E-state index contributed by atoms with van der Waals surface area (Å²) in [5.74, 6) is 0. The van der Waals surface area contributed by atoms with Gasteiger partial charge in [-0.1, -0.05) is 0 Å². The van der Waals surface area contributed by atoms with E-state index in [-0.39, 0.29) is 6.04 Å². The van der Waals surface area contributed by atoms with Crippen LogP contribution in [-0.2, 0) is 6.42 Å². The lowest BCUT2D eigenvalue weighted by Gasteiger charge is -1.99. The maximum atomic E-state index is 5.64. The van der Waals surface area contributed by atoms with Crippen LogP contribution in [0.15, 0.2) is 12.1 Å². The highest BCUT2D eigenvalue weighted by Crippen LogP contribution is 2.18. The van der Waals surface area contributed by atoms with E-state index in [1.165, 1.54) is 7.76 Å². The standard InChI is InChI=1S/C7H10INS/c1-5(9)4-6-2-3-7(8)10-6/h2-3,5H,4,9H2,1H3/t5-/m0/s1. The molecule has 1 aromatic heterocycles. The molecule has 0 aromatic carbocycles. The smallest absolute Gasteiger partial charge is 0.0656 e. The lowest BCUT2D eigenvalue weighted by molar-refractivity contribution is 0.746. The van der Waals surface area contributed by atoms with Gasteiger partial charge in [-0.2, -0.15) is 0 Å². The zero-order valence-electron chi connectivity index (χ0n) is 5.80. The third kappa shape index (κ3) is 2.56. The predicted molar refractivity (Wildman–Crippen MR) is 54.4 cm³/mol. The number of hydrogen-bond donors (Lipinski definition) is 1. The highest BCUT2D eigenvalue weighted by molar-refractivity contribution is 14.1. The normalized spacial score (nSPS) is 13.5. The van der Waals surface area contributed by atoms with Crippen LogP contribution in [0, 0.1) is 2.88 Å². The molecule has 0 aliphatic heterocycles. The van der Waals surface area contributed by atoms with Crippen LogP contribution in [0.2, 0.25) is 0 Å². The fourth-order valence-electron chi connectivity index (χ4n) is 0.779. The predicted octanol–water partition coefficient (Wildman–Crippen LogP) is 2.24. The molecule has 10 heavy (non-hydrogen) atoms. The monoisotopic (exact) mass is 267 g/mol. The van der Waals surface area contributed by atoms with Crippen molar-refractivity contribution in [2.75, 3.05) is 0 Å². The van der Waals surface area contributed by atoms with Gasteiger partial charge in [0.2, 0.25) is 0 Å². The average molecular weight is 267 g/mol. The molecule has 0 aliphatic carbocycles. The van der Waals surface area contributed by atoms with Crippen molar-refractivity contribution in [2.45, 2.75) is 19.4 Å². The summed E-state index contributed by atoms with van der Waals surface area (Å²) < 4.78 is 1.34. The molecule has 1 heterocycles. The Labute approximate surface area is 78.8 Å². The van der Waals surface area contributed by atoms with Gasteiger partial charge in [0.1, 0.15) is 0 Å². The van der Waals surface area contributed by atoms with Crippen LogP contribution in [0.4, 0.5) is 0 Å². The van der Waals surface area contributed by atoms with E-state index in [4.69, 9.17) is 5.73 Å². The average Bonchev–Trinajstić information content (AvgIpc) is 2.13. The molecule has 3 heteroatoms. The molecular formula is C7H10INS. The molecule has 0 fully saturated rings. The largest absolute Gasteiger partial charge is 0.328 e. The van der Waals surface area contributed by atoms with Crippen LogP contribution in [0.3, 0.4) is 0 Å². The Morgan fingerprint density at radius 3 is 2.80 bits per heavy atom. The Hall–Kier alpha value is 0.390. The summed E-state index contributed by atoms with van der Waals surface area (Å²) in [4.78, 5) is 1.39. The van der Waals surface area contributed by atoms with Crippen molar-refractivity contribution in [1.82, 2.24) is 0 Å². The highest BCUT2D eigenvalue weighted by Gasteiger charge is 1.99. The molecule has 1 rings (SSSR count). The minimum Gasteiger partial charge on any atom is -0.328 e. The van der Waals surface area contributed by atoms with Crippen molar-refractivity contribution in [3.05, 3.63) is 19.9 Å². The first kappa shape index (κ1) is 8.49. The topological polar surface area (TPSA) is 26.0 Å². The highest BCUT2D eigenvalue weighted by atomic mass is 127. The Morgan fingerprint density at radius 1 is 1.70 bits per heavy atom. The summed E-state index contributed by atoms with van der Waals surface area (Å²) in [6.07, 6.45) is 1.01. The molecule has 0 spiro atoms. The van der Waals surface area contributed by atoms with E-state index < -0.39 is 0 Å². The zero-order valence-corrected chi connectivity index (χ0v) is 8.78. The quantitative estimate of drug-likeness (QED) is 0.817. The van der Waals surface area contributed by atoms with E-state index >= 15 is 0 Å². The van der Waals surface area contributed by atoms with Crippen molar-refractivity contribution in [1.29, 1.82) is 0 Å². The van der Waals surface area contributed by atoms with Crippen LogP contribution in [0.5, 0.6) is 0 Å². The van der Waals surface area contributed by atoms with Crippen LogP contribution in [0.25, 0.3) is 0 Å². The summed E-state index contributed by atoms with van der Waals surface area (Å²) in [5.41, 5.74) is 5.64. The van der Waals surface area contributed by atoms with Gasteiger partial charge in [0, 0.05) is 10.9 Å². The van der Waals surface area contributed by atoms with Crippen molar-refractivity contribution in [3.8, 4) is 0 Å². The zero-order chi connectivity index (χ0) is 7.56. The van der Waals surface area contributed by atoms with Gasteiger partial charge < -0.3 is 5.73 Å². The minimum absolute atomic E-state index is 0.287. The van der Waals surface area contributed by atoms with Gasteiger partial charge in [-0.05, 0) is 48.1 Å². The van der Waals surface area contributed by atoms with Crippen LogP contribution >= 0.6 is 33.9 Å². The minimum atomic E-state index is 0.287. The number of halogens is 1. The summed E-state index contributed by atoms with van der Waals surface area (Å²) >= 11 is 4.15. The second-order valence-electron chi connectivity index (χ2n) is 2.39. The summed E-state index contributed by atoms with van der Waals surface area (Å²) in [6, 6.07) is 4.56. The molecule has 0 saturated carbocycles. The van der Waals surface area contributed by atoms with Crippen molar-refractivity contribution < 1.29 is 0 Å². The molecule has 0 amide bonds. The third-order valence-corrected chi connectivity index (χ3v) is 3.07. The van der Waals surface area contributed by atoms with Gasteiger partial charge in [0.05, 0.1) is 2.88 Å². The number of nitrogens with two attached hydrogens (primary N) is 1. The van der Waals surface area contributed by atoms with E-state index in [9.17, 15) is 0 Å². The first-order valence-corrected chi connectivity index (χ1v) is 5.08. The van der Waals surface area contributed by atoms with Gasteiger partial charge in [-0.3, -0.25) is 0 Å². The summed E-state index contributed by atoms with van der Waals surface area (Å²) in [5, 5.41) is 0. The van der Waals surface area contributed by atoms with Crippen LogP contribution in [-0.4, -0.2) is 6.04 Å². The Kier molecular flexibility index (Phi) is 3.13. The van der Waals surface area contributed by atoms with E-state index in [1.54, 1.807) is 0 Å². The Bertz CT molecular complexity index is 207. The molecule has 1 atom stereocenters. The molecule has 0 radical (unpaired) electrons. The SMILES string of the molecule is C[C@H](N)Cc1ccc(I)s1. The van der Waals surface area contributed by atoms with E-state index in [2.05, 4.69) is 34.7 Å². The van der Waals surface area contributed by atoms with Gasteiger partial charge in [0.15, 0.2) is 0 Å². The second kappa shape index (κ2) is 3.69. The fourth-order valence-corrected chi connectivity index (χ4v) is 2.68. The van der Waals surface area contributed by atoms with Gasteiger partial charge in [-0.15, -0.1) is 11.3 Å². The van der Waals surface area contributed by atoms with E-state index in [0.717, 1.165) is 6.42 Å². The molecule has 0 aliphatic rings. The van der Waals surface area contributed by atoms with E-state index in [1.807, 2.05) is 18.3 Å². The van der Waals surface area contributed by atoms with Crippen molar-refractivity contribution in [2.24, 2.45) is 5.73 Å². The van der Waals surface area contributed by atoms with Gasteiger partial charge in [-0.25, -0.2) is 0 Å². The molecular weight excluding hydrogens is 257 g/mol. The maximum absolute atomic E-state index is 5.64. The first-order chi connectivity index (χ1) is 4.68. The fraction of sp³-hybridized carbons (Fsp3) is 0.429. The molecule has 1 aromatic rings. The van der Waals surface area contributed by atoms with Crippen molar-refractivity contribution in [3.63, 3.8) is 0 Å². The molecule has 2 N–H and O–H groups in total. The number of thiophene rings is 1. The summed E-state index contributed by atoms with van der Waals surface area (Å²) in [6.45, 7) is 2.03. The Balaban J connectivity index is 2.58. The van der Waals surface area contributed by atoms with Crippen LogP contribution in [0.1, 0.15) is 11.8 Å². The lowest BCUT2D eigenvalue weighted by atomic mass is 10.2. The van der Waals surface area contributed by atoms with E-state index in [0.29, 0.717) is 0 Å². The maximum Gasteiger partial charge on any atom is 0.0656 e. The summed E-state index contributed by atoms with van der Waals surface area (Å²) in [7, 11) is 0. The molecule has 0 saturated heterocycles. The first-order valence-electron chi connectivity index (χ1n) is 3.18. The molecule has 1 nitrogen and oxygen atoms in total. The lowest BCUT2D eigenvalue weighted by Crippen LogP contribution is -2.16.